The van der Waals surface area contributed by atoms with Crippen molar-refractivity contribution in [1.29, 1.82) is 0 Å². The predicted molar refractivity (Wildman–Crippen MR) is 107 cm³/mol. The van der Waals surface area contributed by atoms with E-state index in [1.54, 1.807) is 26.1 Å². The molecule has 0 saturated carbocycles. The van der Waals surface area contributed by atoms with E-state index in [-0.39, 0.29) is 11.9 Å². The monoisotopic (exact) mass is 365 g/mol. The topological polar surface area (TPSA) is 65.1 Å². The second kappa shape index (κ2) is 8.49. The van der Waals surface area contributed by atoms with E-state index in [2.05, 4.69) is 25.6 Å². The number of nitrogens with one attached hydrogen (secondary N) is 3. The average Bonchev–Trinajstić information content (AvgIpc) is 3.17. The van der Waals surface area contributed by atoms with E-state index in [0.717, 1.165) is 22.6 Å². The predicted octanol–water partition coefficient (Wildman–Crippen LogP) is 3.95. The summed E-state index contributed by atoms with van der Waals surface area (Å²) in [6, 6.07) is 15.2. The highest BCUT2D eigenvalue weighted by molar-refractivity contribution is 5.80. The van der Waals surface area contributed by atoms with Gasteiger partial charge in [-0.25, -0.2) is 9.37 Å². The Morgan fingerprint density at radius 2 is 2.00 bits per heavy atom. The molecule has 3 rings (SSSR count). The first-order chi connectivity index (χ1) is 13.1. The van der Waals surface area contributed by atoms with Crippen LogP contribution < -0.4 is 10.6 Å². The Morgan fingerprint density at radius 3 is 2.70 bits per heavy atom. The van der Waals surface area contributed by atoms with Crippen molar-refractivity contribution in [1.82, 2.24) is 20.6 Å². The molecule has 1 heterocycles. The highest BCUT2D eigenvalue weighted by Gasteiger charge is 2.10. The largest absolute Gasteiger partial charge is 0.350 e. The van der Waals surface area contributed by atoms with E-state index in [4.69, 9.17) is 0 Å². The average molecular weight is 365 g/mol. The molecule has 0 aliphatic heterocycles. The maximum absolute atomic E-state index is 13.8. The molecular formula is C21H24FN5. The van der Waals surface area contributed by atoms with Gasteiger partial charge in [0.15, 0.2) is 5.96 Å². The van der Waals surface area contributed by atoms with Gasteiger partial charge in [-0.15, -0.1) is 0 Å². The molecule has 0 saturated heterocycles. The SMILES string of the molecule is CN=C(NCc1ncc(-c2ccccc2)[nH]1)NC(C)c1ccc(C)c(F)c1. The number of aliphatic imine (C=N–C) groups is 1. The number of aromatic amines is 1. The minimum absolute atomic E-state index is 0.0808. The van der Waals surface area contributed by atoms with E-state index >= 15 is 0 Å². The lowest BCUT2D eigenvalue weighted by Gasteiger charge is -2.18. The van der Waals surface area contributed by atoms with Gasteiger partial charge in [-0.05, 0) is 36.6 Å². The Morgan fingerprint density at radius 1 is 1.22 bits per heavy atom. The molecule has 0 aliphatic rings. The molecule has 6 heteroatoms. The molecule has 0 spiro atoms. The fourth-order valence-corrected chi connectivity index (χ4v) is 2.75. The molecule has 0 bridgehead atoms. The third kappa shape index (κ3) is 4.73. The Hall–Kier alpha value is -3.15. The molecule has 3 aromatic rings. The van der Waals surface area contributed by atoms with Crippen molar-refractivity contribution in [3.8, 4) is 11.3 Å². The summed E-state index contributed by atoms with van der Waals surface area (Å²) in [4.78, 5) is 11.9. The molecule has 0 radical (unpaired) electrons. The second-order valence-corrected chi connectivity index (χ2v) is 6.41. The molecule has 2 aromatic carbocycles. The quantitative estimate of drug-likeness (QED) is 0.474. The molecule has 0 amide bonds. The van der Waals surface area contributed by atoms with Gasteiger partial charge in [0.1, 0.15) is 11.6 Å². The standard InChI is InChI=1S/C21H24FN5/c1-14-9-10-17(11-18(14)22)15(2)26-21(23-3)25-13-20-24-12-19(27-20)16-7-5-4-6-8-16/h4-12,15H,13H2,1-3H3,(H,24,27)(H2,23,25,26). The summed E-state index contributed by atoms with van der Waals surface area (Å²) in [5.74, 6) is 1.24. The van der Waals surface area contributed by atoms with Gasteiger partial charge < -0.3 is 15.6 Å². The van der Waals surface area contributed by atoms with Crippen LogP contribution in [0.3, 0.4) is 0 Å². The smallest absolute Gasteiger partial charge is 0.191 e. The number of hydrogen-bond donors (Lipinski definition) is 3. The molecule has 0 aliphatic carbocycles. The molecule has 0 fully saturated rings. The summed E-state index contributed by atoms with van der Waals surface area (Å²) in [5, 5.41) is 6.50. The van der Waals surface area contributed by atoms with Crippen molar-refractivity contribution in [3.63, 3.8) is 0 Å². The number of rotatable bonds is 5. The highest BCUT2D eigenvalue weighted by Crippen LogP contribution is 2.17. The van der Waals surface area contributed by atoms with Gasteiger partial charge in [-0.2, -0.15) is 0 Å². The molecule has 27 heavy (non-hydrogen) atoms. The van der Waals surface area contributed by atoms with E-state index < -0.39 is 0 Å². The zero-order chi connectivity index (χ0) is 19.2. The van der Waals surface area contributed by atoms with Crippen LogP contribution in [0, 0.1) is 12.7 Å². The fourth-order valence-electron chi connectivity index (χ4n) is 2.75. The van der Waals surface area contributed by atoms with E-state index in [0.29, 0.717) is 18.1 Å². The van der Waals surface area contributed by atoms with Crippen LogP contribution in [0.4, 0.5) is 4.39 Å². The first kappa shape index (κ1) is 18.6. The summed E-state index contributed by atoms with van der Waals surface area (Å²) in [7, 11) is 1.70. The fraction of sp³-hybridized carbons (Fsp3) is 0.238. The maximum atomic E-state index is 13.8. The zero-order valence-corrected chi connectivity index (χ0v) is 15.8. The van der Waals surface area contributed by atoms with Crippen LogP contribution in [0.1, 0.15) is 29.9 Å². The Kier molecular flexibility index (Phi) is 5.86. The third-order valence-electron chi connectivity index (χ3n) is 4.41. The van der Waals surface area contributed by atoms with Crippen molar-refractivity contribution < 1.29 is 4.39 Å². The number of aromatic nitrogens is 2. The molecule has 5 nitrogen and oxygen atoms in total. The van der Waals surface area contributed by atoms with Crippen molar-refractivity contribution in [3.05, 3.63) is 77.5 Å². The van der Waals surface area contributed by atoms with Crippen LogP contribution in [0.15, 0.2) is 59.7 Å². The van der Waals surface area contributed by atoms with Crippen molar-refractivity contribution in [2.24, 2.45) is 4.99 Å². The normalized spacial score (nSPS) is 12.7. The molecule has 140 valence electrons. The van der Waals surface area contributed by atoms with Gasteiger partial charge in [0.2, 0.25) is 0 Å². The van der Waals surface area contributed by atoms with Crippen LogP contribution >= 0.6 is 0 Å². The zero-order valence-electron chi connectivity index (χ0n) is 15.8. The maximum Gasteiger partial charge on any atom is 0.191 e. The number of benzene rings is 2. The minimum atomic E-state index is -0.201. The van der Waals surface area contributed by atoms with Gasteiger partial charge >= 0.3 is 0 Å². The number of aryl methyl sites for hydroxylation is 1. The molecular weight excluding hydrogens is 341 g/mol. The molecule has 1 unspecified atom stereocenters. The summed E-state index contributed by atoms with van der Waals surface area (Å²) < 4.78 is 13.8. The van der Waals surface area contributed by atoms with Gasteiger partial charge in [-0.3, -0.25) is 4.99 Å². The Balaban J connectivity index is 1.59. The number of halogens is 1. The number of imidazole rings is 1. The molecule has 1 atom stereocenters. The minimum Gasteiger partial charge on any atom is -0.350 e. The van der Waals surface area contributed by atoms with Crippen molar-refractivity contribution in [2.75, 3.05) is 7.05 Å². The number of nitrogens with zero attached hydrogens (tertiary/aromatic N) is 2. The third-order valence-corrected chi connectivity index (χ3v) is 4.41. The lowest BCUT2D eigenvalue weighted by molar-refractivity contribution is 0.607. The Bertz CT molecular complexity index is 917. The van der Waals surface area contributed by atoms with Crippen molar-refractivity contribution in [2.45, 2.75) is 26.4 Å². The summed E-state index contributed by atoms with van der Waals surface area (Å²) >= 11 is 0. The van der Waals surface area contributed by atoms with Crippen LogP contribution in [0.25, 0.3) is 11.3 Å². The number of H-pyrrole nitrogens is 1. The van der Waals surface area contributed by atoms with Gasteiger partial charge in [0.05, 0.1) is 24.5 Å². The van der Waals surface area contributed by atoms with Gasteiger partial charge in [0, 0.05) is 7.05 Å². The highest BCUT2D eigenvalue weighted by atomic mass is 19.1. The Labute approximate surface area is 158 Å². The lowest BCUT2D eigenvalue weighted by Crippen LogP contribution is -2.38. The van der Waals surface area contributed by atoms with E-state index in [1.807, 2.05) is 49.5 Å². The summed E-state index contributed by atoms with van der Waals surface area (Å²) in [5.41, 5.74) is 3.57. The lowest BCUT2D eigenvalue weighted by atomic mass is 10.1. The van der Waals surface area contributed by atoms with Crippen LogP contribution in [0.2, 0.25) is 0 Å². The molecule has 3 N–H and O–H groups in total. The van der Waals surface area contributed by atoms with Crippen LogP contribution in [0.5, 0.6) is 0 Å². The van der Waals surface area contributed by atoms with Gasteiger partial charge in [0.25, 0.3) is 0 Å². The number of guanidine groups is 1. The van der Waals surface area contributed by atoms with Crippen LogP contribution in [-0.4, -0.2) is 23.0 Å². The van der Waals surface area contributed by atoms with E-state index in [9.17, 15) is 4.39 Å². The van der Waals surface area contributed by atoms with E-state index in [1.165, 1.54) is 0 Å². The second-order valence-electron chi connectivity index (χ2n) is 6.41. The first-order valence-corrected chi connectivity index (χ1v) is 8.89. The summed E-state index contributed by atoms with van der Waals surface area (Å²) in [6.07, 6.45) is 1.82. The van der Waals surface area contributed by atoms with Crippen molar-refractivity contribution >= 4 is 5.96 Å². The van der Waals surface area contributed by atoms with Crippen LogP contribution in [-0.2, 0) is 6.54 Å². The van der Waals surface area contributed by atoms with Gasteiger partial charge in [-0.1, -0.05) is 42.5 Å². The number of hydrogen-bond acceptors (Lipinski definition) is 2. The first-order valence-electron chi connectivity index (χ1n) is 8.89. The summed E-state index contributed by atoms with van der Waals surface area (Å²) in [6.45, 7) is 4.23. The molecule has 1 aromatic heterocycles.